The molecule has 2 unspecified atom stereocenters. The van der Waals surface area contributed by atoms with Gasteiger partial charge >= 0.3 is 0 Å². The van der Waals surface area contributed by atoms with Gasteiger partial charge in [-0.15, -0.1) is 0 Å². The van der Waals surface area contributed by atoms with Crippen molar-refractivity contribution in [2.24, 2.45) is 0 Å². The second kappa shape index (κ2) is 5.95. The van der Waals surface area contributed by atoms with Gasteiger partial charge in [-0.05, 0) is 42.2 Å². The van der Waals surface area contributed by atoms with Crippen LogP contribution < -0.4 is 5.32 Å². The highest BCUT2D eigenvalue weighted by Crippen LogP contribution is 2.28. The van der Waals surface area contributed by atoms with Crippen LogP contribution in [-0.4, -0.2) is 28.3 Å². The lowest BCUT2D eigenvalue weighted by Crippen LogP contribution is -2.68. The highest BCUT2D eigenvalue weighted by molar-refractivity contribution is 7.07. The Morgan fingerprint density at radius 3 is 2.70 bits per heavy atom. The molecule has 5 heteroatoms. The van der Waals surface area contributed by atoms with Crippen molar-refractivity contribution in [2.45, 2.75) is 58.2 Å². The second-order valence-corrected chi connectivity index (χ2v) is 6.28. The Kier molecular flexibility index (Phi) is 4.48. The van der Waals surface area contributed by atoms with Gasteiger partial charge in [-0.25, -0.2) is 0 Å². The van der Waals surface area contributed by atoms with Gasteiger partial charge < -0.3 is 10.2 Å². The van der Waals surface area contributed by atoms with Crippen LogP contribution in [0, 0.1) is 0 Å². The number of amides is 2. The van der Waals surface area contributed by atoms with Gasteiger partial charge in [0.2, 0.25) is 11.8 Å². The first-order valence-electron chi connectivity index (χ1n) is 7.16. The molecular weight excluding hydrogens is 272 g/mol. The molecule has 1 aliphatic rings. The molecule has 1 N–H and O–H groups in total. The van der Waals surface area contributed by atoms with Crippen molar-refractivity contribution in [3.63, 3.8) is 0 Å². The minimum Gasteiger partial charge on any atom is -0.342 e. The molecule has 0 aromatic carbocycles. The molecule has 20 heavy (non-hydrogen) atoms. The number of nitrogens with zero attached hydrogens (tertiary/aromatic N) is 1. The molecule has 2 rings (SSSR count). The molecule has 110 valence electrons. The van der Waals surface area contributed by atoms with E-state index < -0.39 is 5.54 Å². The van der Waals surface area contributed by atoms with E-state index in [4.69, 9.17) is 0 Å². The molecular formula is C15H22N2O2S. The molecule has 1 aromatic rings. The maximum atomic E-state index is 12.7. The number of hydrogen-bond acceptors (Lipinski definition) is 3. The molecule has 2 heterocycles. The minimum absolute atomic E-state index is 0.0340. The summed E-state index contributed by atoms with van der Waals surface area (Å²) in [4.78, 5) is 26.8. The lowest BCUT2D eigenvalue weighted by atomic mass is 9.89. The number of nitrogens with one attached hydrogen (secondary N) is 1. The van der Waals surface area contributed by atoms with E-state index in [0.29, 0.717) is 19.4 Å². The largest absolute Gasteiger partial charge is 0.342 e. The molecule has 1 aliphatic heterocycles. The van der Waals surface area contributed by atoms with Gasteiger partial charge in [0.05, 0.1) is 0 Å². The number of carbonyl (C=O) groups excluding carboxylic acids is 2. The Bertz CT molecular complexity index is 486. The average Bonchev–Trinajstić information content (AvgIpc) is 2.94. The minimum atomic E-state index is -0.747. The van der Waals surface area contributed by atoms with Crippen molar-refractivity contribution in [3.05, 3.63) is 22.4 Å². The molecule has 1 fully saturated rings. The topological polar surface area (TPSA) is 49.4 Å². The summed E-state index contributed by atoms with van der Waals surface area (Å²) in [6, 6.07) is 1.64. The third-order valence-corrected chi connectivity index (χ3v) is 4.87. The molecule has 2 amide bonds. The Labute approximate surface area is 124 Å². The molecule has 1 saturated heterocycles. The zero-order valence-electron chi connectivity index (χ0n) is 12.3. The Balaban J connectivity index is 2.29. The monoisotopic (exact) mass is 294 g/mol. The van der Waals surface area contributed by atoms with Crippen LogP contribution in [0.3, 0.4) is 0 Å². The van der Waals surface area contributed by atoms with Crippen molar-refractivity contribution in [1.82, 2.24) is 10.2 Å². The quantitative estimate of drug-likeness (QED) is 0.907. The summed E-state index contributed by atoms with van der Waals surface area (Å²) < 4.78 is 0. The summed E-state index contributed by atoms with van der Waals surface area (Å²) in [5.41, 5.74) is 0.344. The van der Waals surface area contributed by atoms with Crippen LogP contribution in [0.4, 0.5) is 0 Å². The van der Waals surface area contributed by atoms with Gasteiger partial charge in [0.15, 0.2) is 0 Å². The fraction of sp³-hybridized carbons (Fsp3) is 0.600. The predicted molar refractivity (Wildman–Crippen MR) is 80.4 cm³/mol. The Morgan fingerprint density at radius 2 is 2.15 bits per heavy atom. The zero-order chi connectivity index (χ0) is 14.8. The van der Waals surface area contributed by atoms with Gasteiger partial charge in [-0.3, -0.25) is 9.59 Å². The van der Waals surface area contributed by atoms with Crippen LogP contribution in [0.2, 0.25) is 0 Å². The Morgan fingerprint density at radius 1 is 1.40 bits per heavy atom. The normalized spacial score (nSPS) is 26.8. The van der Waals surface area contributed by atoms with Crippen LogP contribution in [0.15, 0.2) is 16.8 Å². The van der Waals surface area contributed by atoms with Crippen molar-refractivity contribution < 1.29 is 9.59 Å². The summed E-state index contributed by atoms with van der Waals surface area (Å²) in [5.74, 6) is 0.00952. The van der Waals surface area contributed by atoms with Crippen molar-refractivity contribution in [3.8, 4) is 0 Å². The van der Waals surface area contributed by atoms with Gasteiger partial charge in [-0.2, -0.15) is 11.3 Å². The predicted octanol–water partition coefficient (Wildman–Crippen LogP) is 2.54. The van der Waals surface area contributed by atoms with Crippen LogP contribution in [0.25, 0.3) is 0 Å². The summed E-state index contributed by atoms with van der Waals surface area (Å²) in [6.07, 6.45) is 2.20. The summed E-state index contributed by atoms with van der Waals surface area (Å²) in [7, 11) is 0. The lowest BCUT2D eigenvalue weighted by molar-refractivity contribution is -0.157. The first-order valence-corrected chi connectivity index (χ1v) is 8.10. The van der Waals surface area contributed by atoms with Crippen LogP contribution in [0.5, 0.6) is 0 Å². The van der Waals surface area contributed by atoms with Crippen molar-refractivity contribution in [2.75, 3.05) is 0 Å². The molecule has 4 nitrogen and oxygen atoms in total. The second-order valence-electron chi connectivity index (χ2n) is 5.50. The maximum Gasteiger partial charge on any atom is 0.246 e. The smallest absolute Gasteiger partial charge is 0.246 e. The molecule has 0 bridgehead atoms. The molecule has 0 aliphatic carbocycles. The van der Waals surface area contributed by atoms with Gasteiger partial charge in [0.25, 0.3) is 0 Å². The summed E-state index contributed by atoms with van der Waals surface area (Å²) in [6.45, 7) is 6.35. The van der Waals surface area contributed by atoms with E-state index in [1.165, 1.54) is 0 Å². The van der Waals surface area contributed by atoms with Gasteiger partial charge in [-0.1, -0.05) is 20.3 Å². The molecule has 0 spiro atoms. The molecule has 0 radical (unpaired) electrons. The van der Waals surface area contributed by atoms with Gasteiger partial charge in [0, 0.05) is 6.54 Å². The van der Waals surface area contributed by atoms with E-state index in [9.17, 15) is 9.59 Å². The first kappa shape index (κ1) is 15.0. The van der Waals surface area contributed by atoms with Crippen molar-refractivity contribution >= 4 is 23.2 Å². The molecule has 0 saturated carbocycles. The summed E-state index contributed by atoms with van der Waals surface area (Å²) >= 11 is 1.61. The molecule has 2 atom stereocenters. The van der Waals surface area contributed by atoms with E-state index in [1.54, 1.807) is 16.2 Å². The first-order chi connectivity index (χ1) is 9.52. The lowest BCUT2D eigenvalue weighted by Gasteiger charge is -2.46. The fourth-order valence-corrected chi connectivity index (χ4v) is 3.24. The van der Waals surface area contributed by atoms with E-state index in [-0.39, 0.29) is 17.9 Å². The highest BCUT2D eigenvalue weighted by Gasteiger charge is 2.47. The number of rotatable bonds is 5. The highest BCUT2D eigenvalue weighted by atomic mass is 32.1. The Hall–Kier alpha value is -1.36. The molecule has 1 aromatic heterocycles. The third-order valence-electron chi connectivity index (χ3n) is 4.14. The summed E-state index contributed by atoms with van der Waals surface area (Å²) in [5, 5.41) is 6.92. The fourth-order valence-electron chi connectivity index (χ4n) is 2.58. The van der Waals surface area contributed by atoms with Crippen LogP contribution in [-0.2, 0) is 16.1 Å². The average molecular weight is 294 g/mol. The van der Waals surface area contributed by atoms with E-state index in [0.717, 1.165) is 12.0 Å². The number of carbonyl (C=O) groups is 2. The maximum absolute atomic E-state index is 12.7. The van der Waals surface area contributed by atoms with Crippen LogP contribution >= 0.6 is 11.3 Å². The SMILES string of the molecule is CCCC1NC(=O)C(C)(CC)N(Cc2ccsc2)C1=O. The zero-order valence-corrected chi connectivity index (χ0v) is 13.1. The number of hydrogen-bond donors (Lipinski definition) is 1. The van der Waals surface area contributed by atoms with E-state index in [1.807, 2.05) is 37.6 Å². The van der Waals surface area contributed by atoms with Gasteiger partial charge in [0.1, 0.15) is 11.6 Å². The number of thiophene rings is 1. The number of piperazine rings is 1. The van der Waals surface area contributed by atoms with Crippen molar-refractivity contribution in [1.29, 1.82) is 0 Å². The van der Waals surface area contributed by atoms with E-state index in [2.05, 4.69) is 5.32 Å². The van der Waals surface area contributed by atoms with E-state index >= 15 is 0 Å². The standard InChI is InChI=1S/C15H22N2O2S/c1-4-6-12-13(18)17(9-11-7-8-20-10-11)15(3,5-2)14(19)16-12/h7-8,10,12H,4-6,9H2,1-3H3,(H,16,19). The van der Waals surface area contributed by atoms with Crippen LogP contribution in [0.1, 0.15) is 45.6 Å². The third kappa shape index (κ3) is 2.59.